The molecule has 4 rings (SSSR count). The maximum absolute atomic E-state index is 13.4. The highest BCUT2D eigenvalue weighted by molar-refractivity contribution is 6.05. The number of carbonyl (C=O) groups excluding carboxylic acids is 2. The zero-order chi connectivity index (χ0) is 22.7. The lowest BCUT2D eigenvalue weighted by atomic mass is 9.96. The molecule has 0 aliphatic carbocycles. The van der Waals surface area contributed by atoms with E-state index in [1.165, 1.54) is 6.92 Å². The van der Waals surface area contributed by atoms with Gasteiger partial charge in [-0.05, 0) is 24.3 Å². The summed E-state index contributed by atoms with van der Waals surface area (Å²) in [4.78, 5) is 42.3. The van der Waals surface area contributed by atoms with Gasteiger partial charge in [0.15, 0.2) is 0 Å². The lowest BCUT2D eigenvalue weighted by Crippen LogP contribution is -2.40. The first-order chi connectivity index (χ1) is 15.5. The number of fused-ring (bicyclic) bond motifs is 1. The standard InChI is InChI=1S/C24H28N6O2/c1-16(31)29(3)15-19-13-21(25-2)28-23(27-19)18-8-6-12-30(14-18)24(32)22-20-9-5-4-7-17(20)10-11-26-22/h4-5,7,9-11,13,18H,6,8,12,14-15H2,1-3H3,(H,25,27,28)/t18-/m1/s1. The number of hydrogen-bond donors (Lipinski definition) is 1. The summed E-state index contributed by atoms with van der Waals surface area (Å²) in [7, 11) is 3.56. The minimum Gasteiger partial charge on any atom is -0.373 e. The van der Waals surface area contributed by atoms with Crippen molar-refractivity contribution >= 4 is 28.4 Å². The van der Waals surface area contributed by atoms with Crippen LogP contribution in [0, 0.1) is 0 Å². The van der Waals surface area contributed by atoms with Crippen molar-refractivity contribution < 1.29 is 9.59 Å². The molecule has 1 atom stereocenters. The third-order valence-corrected chi connectivity index (χ3v) is 5.94. The van der Waals surface area contributed by atoms with Crippen molar-refractivity contribution in [1.29, 1.82) is 0 Å². The Labute approximate surface area is 187 Å². The van der Waals surface area contributed by atoms with Gasteiger partial charge in [-0.25, -0.2) is 9.97 Å². The summed E-state index contributed by atoms with van der Waals surface area (Å²) in [5.41, 5.74) is 1.26. The molecule has 0 unspecified atom stereocenters. The molecule has 8 heteroatoms. The summed E-state index contributed by atoms with van der Waals surface area (Å²) in [5.74, 6) is 1.35. The highest BCUT2D eigenvalue weighted by Gasteiger charge is 2.29. The van der Waals surface area contributed by atoms with E-state index < -0.39 is 0 Å². The van der Waals surface area contributed by atoms with Gasteiger partial charge in [0.05, 0.1) is 12.2 Å². The molecule has 3 heterocycles. The first-order valence-electron chi connectivity index (χ1n) is 10.9. The number of amides is 2. The summed E-state index contributed by atoms with van der Waals surface area (Å²) in [6.45, 7) is 3.17. The molecule has 1 fully saturated rings. The highest BCUT2D eigenvalue weighted by Crippen LogP contribution is 2.28. The van der Waals surface area contributed by atoms with E-state index in [4.69, 9.17) is 4.98 Å². The molecule has 1 N–H and O–H groups in total. The van der Waals surface area contributed by atoms with Gasteiger partial charge in [-0.1, -0.05) is 24.3 Å². The van der Waals surface area contributed by atoms with Gasteiger partial charge in [-0.15, -0.1) is 0 Å². The molecule has 0 radical (unpaired) electrons. The maximum atomic E-state index is 13.4. The predicted molar refractivity (Wildman–Crippen MR) is 123 cm³/mol. The predicted octanol–water partition coefficient (Wildman–Crippen LogP) is 3.06. The number of hydrogen-bond acceptors (Lipinski definition) is 6. The second-order valence-electron chi connectivity index (χ2n) is 8.20. The van der Waals surface area contributed by atoms with Gasteiger partial charge in [0.1, 0.15) is 17.3 Å². The van der Waals surface area contributed by atoms with Crippen LogP contribution in [0.25, 0.3) is 10.8 Å². The molecule has 0 spiro atoms. The Hall–Kier alpha value is -3.55. The summed E-state index contributed by atoms with van der Waals surface area (Å²) in [5, 5.41) is 4.95. The molecule has 1 saturated heterocycles. The van der Waals surface area contributed by atoms with Crippen LogP contribution in [0.15, 0.2) is 42.6 Å². The van der Waals surface area contributed by atoms with E-state index in [0.717, 1.165) is 29.3 Å². The number of nitrogens with zero attached hydrogens (tertiary/aromatic N) is 5. The Morgan fingerprint density at radius 2 is 2.03 bits per heavy atom. The molecule has 0 saturated carbocycles. The van der Waals surface area contributed by atoms with Crippen molar-refractivity contribution in [3.05, 3.63) is 59.8 Å². The van der Waals surface area contributed by atoms with Crippen molar-refractivity contribution in [3.8, 4) is 0 Å². The van der Waals surface area contributed by atoms with Crippen molar-refractivity contribution in [2.24, 2.45) is 0 Å². The topological polar surface area (TPSA) is 91.3 Å². The monoisotopic (exact) mass is 432 g/mol. The molecule has 8 nitrogen and oxygen atoms in total. The first kappa shape index (κ1) is 21.7. The molecule has 166 valence electrons. The number of aromatic nitrogens is 3. The maximum Gasteiger partial charge on any atom is 0.273 e. The van der Waals surface area contributed by atoms with Gasteiger partial charge >= 0.3 is 0 Å². The van der Waals surface area contributed by atoms with E-state index in [1.807, 2.05) is 48.3 Å². The van der Waals surface area contributed by atoms with Gasteiger partial charge in [0, 0.05) is 57.7 Å². The Bertz CT molecular complexity index is 1140. The average molecular weight is 433 g/mol. The van der Waals surface area contributed by atoms with Crippen LogP contribution in [0.1, 0.15) is 47.7 Å². The van der Waals surface area contributed by atoms with Crippen molar-refractivity contribution in [1.82, 2.24) is 24.8 Å². The highest BCUT2D eigenvalue weighted by atomic mass is 16.2. The third-order valence-electron chi connectivity index (χ3n) is 5.94. The van der Waals surface area contributed by atoms with Crippen LogP contribution >= 0.6 is 0 Å². The van der Waals surface area contributed by atoms with Gasteiger partial charge in [0.2, 0.25) is 5.91 Å². The van der Waals surface area contributed by atoms with Crippen LogP contribution in [-0.4, -0.2) is 63.8 Å². The largest absolute Gasteiger partial charge is 0.373 e. The van der Waals surface area contributed by atoms with Crippen LogP contribution in [0.5, 0.6) is 0 Å². The number of anilines is 1. The number of nitrogens with one attached hydrogen (secondary N) is 1. The zero-order valence-electron chi connectivity index (χ0n) is 18.7. The summed E-state index contributed by atoms with van der Waals surface area (Å²) in [6, 6.07) is 11.6. The van der Waals surface area contributed by atoms with E-state index in [0.29, 0.717) is 37.0 Å². The molecule has 3 aromatic rings. The molecule has 32 heavy (non-hydrogen) atoms. The molecule has 1 aliphatic rings. The molecular weight excluding hydrogens is 404 g/mol. The quantitative estimate of drug-likeness (QED) is 0.666. The number of rotatable bonds is 5. The number of likely N-dealkylation sites (tertiary alicyclic amines) is 1. The van der Waals surface area contributed by atoms with Crippen molar-refractivity contribution in [2.45, 2.75) is 32.2 Å². The minimum atomic E-state index is -0.0622. The molecule has 2 amide bonds. The second-order valence-corrected chi connectivity index (χ2v) is 8.20. The second kappa shape index (κ2) is 9.30. The van der Waals surface area contributed by atoms with Crippen LogP contribution in [0.4, 0.5) is 5.82 Å². The molecule has 0 bridgehead atoms. The molecule has 2 aromatic heterocycles. The Morgan fingerprint density at radius 3 is 2.81 bits per heavy atom. The Balaban J connectivity index is 1.58. The van der Waals surface area contributed by atoms with E-state index in [1.54, 1.807) is 18.1 Å². The van der Waals surface area contributed by atoms with E-state index in [-0.39, 0.29) is 17.7 Å². The number of piperidine rings is 1. The van der Waals surface area contributed by atoms with Crippen LogP contribution in [0.3, 0.4) is 0 Å². The fourth-order valence-electron chi connectivity index (χ4n) is 4.08. The Kier molecular flexibility index (Phi) is 6.30. The fourth-order valence-corrected chi connectivity index (χ4v) is 4.08. The van der Waals surface area contributed by atoms with E-state index in [2.05, 4.69) is 15.3 Å². The van der Waals surface area contributed by atoms with Crippen molar-refractivity contribution in [3.63, 3.8) is 0 Å². The summed E-state index contributed by atoms with van der Waals surface area (Å²) < 4.78 is 0. The number of benzene rings is 1. The Morgan fingerprint density at radius 1 is 1.22 bits per heavy atom. The van der Waals surface area contributed by atoms with Crippen molar-refractivity contribution in [2.75, 3.05) is 32.5 Å². The first-order valence-corrected chi connectivity index (χ1v) is 10.9. The van der Waals surface area contributed by atoms with Gasteiger partial charge in [0.25, 0.3) is 5.91 Å². The van der Waals surface area contributed by atoms with Crippen LogP contribution < -0.4 is 5.32 Å². The average Bonchev–Trinajstić information content (AvgIpc) is 2.83. The lowest BCUT2D eigenvalue weighted by Gasteiger charge is -2.32. The molecular formula is C24H28N6O2. The fraction of sp³-hybridized carbons (Fsp3) is 0.375. The smallest absolute Gasteiger partial charge is 0.273 e. The zero-order valence-corrected chi connectivity index (χ0v) is 18.7. The number of pyridine rings is 1. The third kappa shape index (κ3) is 4.54. The van der Waals surface area contributed by atoms with Crippen LogP contribution in [0.2, 0.25) is 0 Å². The summed E-state index contributed by atoms with van der Waals surface area (Å²) in [6.07, 6.45) is 3.47. The van der Waals surface area contributed by atoms with Gasteiger partial charge in [-0.3, -0.25) is 14.6 Å². The SMILES string of the molecule is CNc1cc(CN(C)C(C)=O)nc([C@@H]2CCCN(C(=O)c3nccc4ccccc34)C2)n1. The van der Waals surface area contributed by atoms with Gasteiger partial charge in [-0.2, -0.15) is 0 Å². The minimum absolute atomic E-state index is 0.0202. The lowest BCUT2D eigenvalue weighted by molar-refractivity contribution is -0.128. The molecule has 1 aliphatic heterocycles. The molecule has 1 aromatic carbocycles. The van der Waals surface area contributed by atoms with Gasteiger partial charge < -0.3 is 15.1 Å². The normalized spacial score (nSPS) is 16.1. The van der Waals surface area contributed by atoms with E-state index >= 15 is 0 Å². The van der Waals surface area contributed by atoms with Crippen LogP contribution in [-0.2, 0) is 11.3 Å². The number of carbonyl (C=O) groups is 2. The summed E-state index contributed by atoms with van der Waals surface area (Å²) >= 11 is 0. The van der Waals surface area contributed by atoms with E-state index in [9.17, 15) is 9.59 Å².